The Balaban J connectivity index is 1.47. The second-order valence-electron chi connectivity index (χ2n) is 9.25. The average Bonchev–Trinajstić information content (AvgIpc) is 3.07. The molecule has 2 aliphatic rings. The molecule has 0 amide bonds. The highest BCUT2D eigenvalue weighted by Crippen LogP contribution is 2.37. The van der Waals surface area contributed by atoms with Crippen molar-refractivity contribution in [3.8, 4) is 0 Å². The van der Waals surface area contributed by atoms with Gasteiger partial charge in [0.2, 0.25) is 0 Å². The second-order valence-corrected chi connectivity index (χ2v) is 9.25. The molecule has 0 spiro atoms. The van der Waals surface area contributed by atoms with Crippen molar-refractivity contribution in [1.82, 2.24) is 9.47 Å². The summed E-state index contributed by atoms with van der Waals surface area (Å²) < 4.78 is 2.41. The number of aliphatic hydroxyl groups excluding tert-OH is 1. The van der Waals surface area contributed by atoms with E-state index in [-0.39, 0.29) is 6.61 Å². The number of hydrogen-bond donors (Lipinski definition) is 2. The highest BCUT2D eigenvalue weighted by Gasteiger charge is 2.31. The summed E-state index contributed by atoms with van der Waals surface area (Å²) in [5, 5.41) is 11.3. The van der Waals surface area contributed by atoms with E-state index in [9.17, 15) is 5.11 Å². The van der Waals surface area contributed by atoms with Crippen LogP contribution in [0.2, 0.25) is 0 Å². The van der Waals surface area contributed by atoms with E-state index in [0.717, 1.165) is 29.1 Å². The lowest BCUT2D eigenvalue weighted by molar-refractivity contribution is 0.0881. The minimum absolute atomic E-state index is 0.0701. The summed E-state index contributed by atoms with van der Waals surface area (Å²) in [5.41, 5.74) is 9.44. The molecule has 0 radical (unpaired) electrons. The minimum atomic E-state index is 0.0701. The lowest BCUT2D eigenvalue weighted by Gasteiger charge is -2.42. The highest BCUT2D eigenvalue weighted by molar-refractivity contribution is 5.85. The monoisotopic (exact) mass is 383 g/mol. The molecule has 4 nitrogen and oxygen atoms in total. The van der Waals surface area contributed by atoms with Crippen LogP contribution < -0.4 is 5.73 Å². The third-order valence-electron chi connectivity index (χ3n) is 7.55. The third kappa shape index (κ3) is 3.62. The highest BCUT2D eigenvalue weighted by atomic mass is 16.3. The molecule has 4 rings (SSSR count). The van der Waals surface area contributed by atoms with Gasteiger partial charge in [0.1, 0.15) is 0 Å². The summed E-state index contributed by atoms with van der Waals surface area (Å²) in [6.45, 7) is 7.68. The number of likely N-dealkylation sites (tertiary alicyclic amines) is 1. The van der Waals surface area contributed by atoms with E-state index >= 15 is 0 Å². The predicted molar refractivity (Wildman–Crippen MR) is 116 cm³/mol. The number of nitrogens with zero attached hydrogens (tertiary/aromatic N) is 2. The van der Waals surface area contributed by atoms with Crippen molar-refractivity contribution in [2.75, 3.05) is 13.1 Å². The number of fused-ring (bicyclic) bond motifs is 1. The van der Waals surface area contributed by atoms with Gasteiger partial charge in [-0.1, -0.05) is 32.0 Å². The number of aromatic nitrogens is 1. The standard InChI is InChI=1S/C24H37N3O/c1-17(2)18-7-9-19(10-8-18)26-13-11-20(12-14-26)27-23-6-4-3-5-21(23)22(15-25)24(27)16-28/h3-6,17-20,28H,7-16,25H2,1-2H3. The molecule has 2 heterocycles. The molecule has 1 aromatic heterocycles. The Bertz CT molecular complexity index is 780. The summed E-state index contributed by atoms with van der Waals surface area (Å²) in [6, 6.07) is 9.76. The number of benzene rings is 1. The van der Waals surface area contributed by atoms with Gasteiger partial charge in [0.15, 0.2) is 0 Å². The minimum Gasteiger partial charge on any atom is -0.390 e. The Morgan fingerprint density at radius 3 is 2.29 bits per heavy atom. The number of rotatable bonds is 5. The normalized spacial score (nSPS) is 25.0. The number of hydrogen-bond acceptors (Lipinski definition) is 3. The van der Waals surface area contributed by atoms with Crippen LogP contribution in [0.5, 0.6) is 0 Å². The molecule has 4 heteroatoms. The average molecular weight is 384 g/mol. The molecule has 1 aromatic carbocycles. The fourth-order valence-corrected chi connectivity index (χ4v) is 5.84. The Kier molecular flexibility index (Phi) is 6.10. The lowest BCUT2D eigenvalue weighted by Crippen LogP contribution is -2.44. The van der Waals surface area contributed by atoms with Crippen LogP contribution in [0.25, 0.3) is 10.9 Å². The van der Waals surface area contributed by atoms with Gasteiger partial charge in [0.25, 0.3) is 0 Å². The molecule has 2 fully saturated rings. The van der Waals surface area contributed by atoms with Gasteiger partial charge in [-0.05, 0) is 62.0 Å². The number of nitrogens with two attached hydrogens (primary N) is 1. The predicted octanol–water partition coefficient (Wildman–Crippen LogP) is 4.44. The topological polar surface area (TPSA) is 54.4 Å². The first-order chi connectivity index (χ1) is 13.6. The lowest BCUT2D eigenvalue weighted by atomic mass is 9.79. The summed E-state index contributed by atoms with van der Waals surface area (Å²) in [5.74, 6) is 1.77. The van der Waals surface area contributed by atoms with Crippen LogP contribution >= 0.6 is 0 Å². The van der Waals surface area contributed by atoms with Gasteiger partial charge in [-0.25, -0.2) is 0 Å². The Hall–Kier alpha value is -1.36. The van der Waals surface area contributed by atoms with Gasteiger partial charge in [-0.2, -0.15) is 0 Å². The maximum atomic E-state index is 10.1. The van der Waals surface area contributed by atoms with Crippen LogP contribution in [0.15, 0.2) is 24.3 Å². The molecule has 28 heavy (non-hydrogen) atoms. The van der Waals surface area contributed by atoms with Crippen molar-refractivity contribution < 1.29 is 5.11 Å². The maximum absolute atomic E-state index is 10.1. The van der Waals surface area contributed by atoms with Crippen molar-refractivity contribution >= 4 is 10.9 Å². The zero-order valence-corrected chi connectivity index (χ0v) is 17.6. The first-order valence-electron chi connectivity index (χ1n) is 11.3. The quantitative estimate of drug-likeness (QED) is 0.802. The van der Waals surface area contributed by atoms with Gasteiger partial charge in [0.05, 0.1) is 6.61 Å². The molecule has 1 aliphatic carbocycles. The molecule has 1 aliphatic heterocycles. The van der Waals surface area contributed by atoms with Crippen LogP contribution in [-0.4, -0.2) is 33.7 Å². The molecular weight excluding hydrogens is 346 g/mol. The van der Waals surface area contributed by atoms with Gasteiger partial charge < -0.3 is 20.3 Å². The fraction of sp³-hybridized carbons (Fsp3) is 0.667. The van der Waals surface area contributed by atoms with Crippen molar-refractivity contribution in [3.05, 3.63) is 35.5 Å². The van der Waals surface area contributed by atoms with Gasteiger partial charge in [-0.15, -0.1) is 0 Å². The van der Waals surface area contributed by atoms with Crippen molar-refractivity contribution in [2.24, 2.45) is 17.6 Å². The number of para-hydroxylation sites is 1. The molecule has 3 N–H and O–H groups in total. The van der Waals surface area contributed by atoms with E-state index in [2.05, 4.69) is 47.6 Å². The van der Waals surface area contributed by atoms with Crippen LogP contribution in [-0.2, 0) is 13.2 Å². The second kappa shape index (κ2) is 8.56. The molecular formula is C24H37N3O. The van der Waals surface area contributed by atoms with Crippen LogP contribution in [0.1, 0.15) is 69.7 Å². The number of aliphatic hydroxyl groups is 1. The Labute approximate surface area is 169 Å². The molecule has 154 valence electrons. The van der Waals surface area contributed by atoms with Crippen molar-refractivity contribution in [2.45, 2.75) is 77.6 Å². The molecule has 0 unspecified atom stereocenters. The Morgan fingerprint density at radius 2 is 1.68 bits per heavy atom. The van der Waals surface area contributed by atoms with E-state index in [1.807, 2.05) is 0 Å². The SMILES string of the molecule is CC(C)C1CCC(N2CCC(n3c(CO)c(CN)c4ccccc43)CC2)CC1. The summed E-state index contributed by atoms with van der Waals surface area (Å²) >= 11 is 0. The molecule has 1 saturated carbocycles. The molecule has 0 atom stereocenters. The van der Waals surface area contributed by atoms with Gasteiger partial charge in [0, 0.05) is 48.3 Å². The zero-order valence-electron chi connectivity index (χ0n) is 17.6. The maximum Gasteiger partial charge on any atom is 0.0836 e. The largest absolute Gasteiger partial charge is 0.390 e. The molecule has 2 aromatic rings. The smallest absolute Gasteiger partial charge is 0.0836 e. The van der Waals surface area contributed by atoms with Crippen LogP contribution in [0.3, 0.4) is 0 Å². The molecule has 0 bridgehead atoms. The van der Waals surface area contributed by atoms with E-state index in [4.69, 9.17) is 5.73 Å². The number of piperidine rings is 1. The van der Waals surface area contributed by atoms with Crippen molar-refractivity contribution in [3.63, 3.8) is 0 Å². The summed E-state index contributed by atoms with van der Waals surface area (Å²) in [4.78, 5) is 2.75. The first kappa shape index (κ1) is 19.9. The summed E-state index contributed by atoms with van der Waals surface area (Å²) in [7, 11) is 0. The van der Waals surface area contributed by atoms with E-state index in [0.29, 0.717) is 12.6 Å². The fourth-order valence-electron chi connectivity index (χ4n) is 5.84. The van der Waals surface area contributed by atoms with Gasteiger partial charge >= 0.3 is 0 Å². The van der Waals surface area contributed by atoms with Crippen LogP contribution in [0, 0.1) is 11.8 Å². The van der Waals surface area contributed by atoms with E-state index in [1.54, 1.807) is 0 Å². The third-order valence-corrected chi connectivity index (χ3v) is 7.55. The van der Waals surface area contributed by atoms with Crippen LogP contribution in [0.4, 0.5) is 0 Å². The zero-order chi connectivity index (χ0) is 19.7. The summed E-state index contributed by atoms with van der Waals surface area (Å²) in [6.07, 6.45) is 7.88. The molecule has 1 saturated heterocycles. The van der Waals surface area contributed by atoms with Gasteiger partial charge in [-0.3, -0.25) is 0 Å². The first-order valence-corrected chi connectivity index (χ1v) is 11.3. The van der Waals surface area contributed by atoms with Crippen molar-refractivity contribution in [1.29, 1.82) is 0 Å². The van der Waals surface area contributed by atoms with E-state index < -0.39 is 0 Å². The van der Waals surface area contributed by atoms with E-state index in [1.165, 1.54) is 62.5 Å². The Morgan fingerprint density at radius 1 is 1.00 bits per heavy atom.